The molecule has 0 saturated heterocycles. The summed E-state index contributed by atoms with van der Waals surface area (Å²) >= 11 is 0. The number of hydrogen-bond donors (Lipinski definition) is 0. The van der Waals surface area contributed by atoms with E-state index in [1.54, 1.807) is 0 Å². The minimum Gasteiger partial charge on any atom is -0.455 e. The van der Waals surface area contributed by atoms with Gasteiger partial charge in [-0.05, 0) is 86.8 Å². The molecule has 10 rings (SSSR count). The summed E-state index contributed by atoms with van der Waals surface area (Å²) in [6, 6.07) is 63.4. The van der Waals surface area contributed by atoms with Gasteiger partial charge in [0.25, 0.3) is 0 Å². The van der Waals surface area contributed by atoms with Gasteiger partial charge in [0.1, 0.15) is 11.2 Å². The zero-order valence-corrected chi connectivity index (χ0v) is 28.6. The summed E-state index contributed by atoms with van der Waals surface area (Å²) in [5.74, 6) is 0. The van der Waals surface area contributed by atoms with Crippen molar-refractivity contribution in [2.75, 3.05) is 4.90 Å². The number of fused-ring (bicyclic) bond motifs is 8. The van der Waals surface area contributed by atoms with Gasteiger partial charge < -0.3 is 9.32 Å². The van der Waals surface area contributed by atoms with Crippen molar-refractivity contribution in [1.29, 1.82) is 0 Å². The molecule has 1 heterocycles. The van der Waals surface area contributed by atoms with Crippen molar-refractivity contribution in [1.82, 2.24) is 0 Å². The van der Waals surface area contributed by atoms with E-state index in [9.17, 15) is 0 Å². The summed E-state index contributed by atoms with van der Waals surface area (Å²) in [5, 5.41) is 4.59. The zero-order valence-electron chi connectivity index (χ0n) is 28.6. The van der Waals surface area contributed by atoms with Gasteiger partial charge in [0.15, 0.2) is 0 Å². The first-order valence-electron chi connectivity index (χ1n) is 17.7. The number of nitrogens with zero attached hydrogens (tertiary/aromatic N) is 1. The van der Waals surface area contributed by atoms with Crippen molar-refractivity contribution in [3.05, 3.63) is 187 Å². The Kier molecular flexibility index (Phi) is 6.56. The van der Waals surface area contributed by atoms with Crippen LogP contribution in [0.4, 0.5) is 17.1 Å². The van der Waals surface area contributed by atoms with Crippen LogP contribution in [0.25, 0.3) is 66.1 Å². The molecule has 0 amide bonds. The molecule has 0 saturated carbocycles. The minimum atomic E-state index is -0.0768. The molecule has 2 heteroatoms. The zero-order chi connectivity index (χ0) is 34.1. The molecule has 0 bridgehead atoms. The highest BCUT2D eigenvalue weighted by Gasteiger charge is 2.35. The topological polar surface area (TPSA) is 16.4 Å². The van der Waals surface area contributed by atoms with Gasteiger partial charge in [0.2, 0.25) is 0 Å². The van der Waals surface area contributed by atoms with Crippen molar-refractivity contribution in [3.8, 4) is 33.4 Å². The monoisotopic (exact) mass is 653 g/mol. The van der Waals surface area contributed by atoms with E-state index in [2.05, 4.69) is 195 Å². The van der Waals surface area contributed by atoms with Gasteiger partial charge in [-0.2, -0.15) is 0 Å². The number of furan rings is 1. The molecule has 1 aliphatic carbocycles. The lowest BCUT2D eigenvalue weighted by Crippen LogP contribution is -2.16. The highest BCUT2D eigenvalue weighted by atomic mass is 16.3. The van der Waals surface area contributed by atoms with Crippen LogP contribution in [0.2, 0.25) is 0 Å². The molecule has 8 aromatic carbocycles. The van der Waals surface area contributed by atoms with Crippen LogP contribution in [0.5, 0.6) is 0 Å². The van der Waals surface area contributed by atoms with Crippen molar-refractivity contribution < 1.29 is 4.42 Å². The van der Waals surface area contributed by atoms with E-state index in [4.69, 9.17) is 4.42 Å². The van der Waals surface area contributed by atoms with Crippen LogP contribution in [0.1, 0.15) is 25.0 Å². The van der Waals surface area contributed by atoms with E-state index < -0.39 is 0 Å². The van der Waals surface area contributed by atoms with Gasteiger partial charge in [-0.15, -0.1) is 0 Å². The van der Waals surface area contributed by atoms with Crippen LogP contribution in [0.3, 0.4) is 0 Å². The van der Waals surface area contributed by atoms with E-state index >= 15 is 0 Å². The van der Waals surface area contributed by atoms with Crippen LogP contribution >= 0.6 is 0 Å². The third-order valence-corrected chi connectivity index (χ3v) is 10.9. The Morgan fingerprint density at radius 2 is 0.941 bits per heavy atom. The average molecular weight is 654 g/mol. The van der Waals surface area contributed by atoms with Gasteiger partial charge in [0.05, 0.1) is 0 Å². The maximum absolute atomic E-state index is 6.84. The lowest BCUT2D eigenvalue weighted by molar-refractivity contribution is 0.660. The largest absolute Gasteiger partial charge is 0.455 e. The van der Waals surface area contributed by atoms with Crippen molar-refractivity contribution in [2.45, 2.75) is 19.3 Å². The summed E-state index contributed by atoms with van der Waals surface area (Å²) < 4.78 is 6.84. The fourth-order valence-corrected chi connectivity index (χ4v) is 8.35. The first-order valence-corrected chi connectivity index (χ1v) is 17.7. The van der Waals surface area contributed by atoms with Gasteiger partial charge in [0, 0.05) is 44.2 Å². The summed E-state index contributed by atoms with van der Waals surface area (Å²) in [4.78, 5) is 2.36. The number of hydrogen-bond acceptors (Lipinski definition) is 2. The van der Waals surface area contributed by atoms with Crippen molar-refractivity contribution >= 4 is 49.8 Å². The molecular weight excluding hydrogens is 619 g/mol. The maximum atomic E-state index is 6.84. The quantitative estimate of drug-likeness (QED) is 0.184. The Morgan fingerprint density at radius 3 is 1.75 bits per heavy atom. The maximum Gasteiger partial charge on any atom is 0.143 e. The van der Waals surface area contributed by atoms with E-state index in [1.165, 1.54) is 38.8 Å². The van der Waals surface area contributed by atoms with Crippen LogP contribution < -0.4 is 4.90 Å². The van der Waals surface area contributed by atoms with Gasteiger partial charge >= 0.3 is 0 Å². The SMILES string of the molecule is CC1(C)c2ccccc2-c2ccc(N(c3ccccc3)c3ccc(-c4cccc5c4oc4c6ccccc6c(-c6ccccc6)cc54)cc3)cc21. The second kappa shape index (κ2) is 11.3. The van der Waals surface area contributed by atoms with Crippen LogP contribution in [-0.2, 0) is 5.41 Å². The predicted octanol–water partition coefficient (Wildman–Crippen LogP) is 13.8. The highest BCUT2D eigenvalue weighted by Crippen LogP contribution is 2.51. The Labute approximate surface area is 297 Å². The van der Waals surface area contributed by atoms with Crippen molar-refractivity contribution in [3.63, 3.8) is 0 Å². The van der Waals surface area contributed by atoms with Crippen LogP contribution in [-0.4, -0.2) is 0 Å². The van der Waals surface area contributed by atoms with Crippen LogP contribution in [0.15, 0.2) is 180 Å². The molecule has 51 heavy (non-hydrogen) atoms. The highest BCUT2D eigenvalue weighted by molar-refractivity contribution is 6.20. The van der Waals surface area contributed by atoms with E-state index in [1.807, 2.05) is 0 Å². The number of para-hydroxylation sites is 2. The molecule has 0 atom stereocenters. The first-order chi connectivity index (χ1) is 25.1. The predicted molar refractivity (Wildman–Crippen MR) is 214 cm³/mol. The van der Waals surface area contributed by atoms with Crippen molar-refractivity contribution in [2.24, 2.45) is 0 Å². The van der Waals surface area contributed by atoms with Gasteiger partial charge in [-0.1, -0.05) is 147 Å². The summed E-state index contributed by atoms with van der Waals surface area (Å²) in [6.07, 6.45) is 0. The molecule has 9 aromatic rings. The van der Waals surface area contributed by atoms with E-state index in [-0.39, 0.29) is 5.41 Å². The molecule has 0 aliphatic heterocycles. The first kappa shape index (κ1) is 29.5. The fraction of sp³-hybridized carbons (Fsp3) is 0.0612. The van der Waals surface area contributed by atoms with Crippen LogP contribution in [0, 0.1) is 0 Å². The second-order valence-electron chi connectivity index (χ2n) is 14.1. The number of rotatable bonds is 5. The van der Waals surface area contributed by atoms with Gasteiger partial charge in [-0.25, -0.2) is 0 Å². The fourth-order valence-electron chi connectivity index (χ4n) is 8.35. The molecule has 0 fully saturated rings. The molecule has 0 unspecified atom stereocenters. The summed E-state index contributed by atoms with van der Waals surface area (Å²) in [7, 11) is 0. The lowest BCUT2D eigenvalue weighted by atomic mass is 9.82. The smallest absolute Gasteiger partial charge is 0.143 e. The third-order valence-electron chi connectivity index (χ3n) is 10.9. The molecule has 0 N–H and O–H groups in total. The second-order valence-corrected chi connectivity index (χ2v) is 14.1. The Hall–Kier alpha value is -6.38. The molecule has 1 aromatic heterocycles. The Morgan fingerprint density at radius 1 is 0.373 bits per heavy atom. The minimum absolute atomic E-state index is 0.0768. The molecule has 1 aliphatic rings. The molecule has 2 nitrogen and oxygen atoms in total. The lowest BCUT2D eigenvalue weighted by Gasteiger charge is -2.28. The average Bonchev–Trinajstić information content (AvgIpc) is 3.68. The summed E-state index contributed by atoms with van der Waals surface area (Å²) in [5.41, 5.74) is 15.2. The summed E-state index contributed by atoms with van der Waals surface area (Å²) in [6.45, 7) is 4.68. The standard InChI is InChI=1S/C49H35NO/c1-49(2)45-23-12-11-19-39(45)40-29-28-36(30-46(40)49)50(34-16-7-4-8-17-34)35-26-24-33(25-27-35)37-21-13-22-42-44-31-43(32-14-5-3-6-15-32)38-18-9-10-20-41(38)48(44)51-47(37)42/h3-31H,1-2H3. The molecular formula is C49H35NO. The van der Waals surface area contributed by atoms with Gasteiger partial charge in [-0.3, -0.25) is 0 Å². The number of benzene rings is 8. The Bertz CT molecular complexity index is 2760. The molecule has 0 radical (unpaired) electrons. The molecule has 0 spiro atoms. The Balaban J connectivity index is 1.09. The molecule has 242 valence electrons. The number of anilines is 3. The van der Waals surface area contributed by atoms with E-state index in [0.717, 1.165) is 55.5 Å². The third kappa shape index (κ3) is 4.57. The van der Waals surface area contributed by atoms with E-state index in [0.29, 0.717) is 0 Å². The normalized spacial score (nSPS) is 13.1.